The highest BCUT2D eigenvalue weighted by Crippen LogP contribution is 2.26. The fourth-order valence-corrected chi connectivity index (χ4v) is 3.79. The van der Waals surface area contributed by atoms with E-state index in [4.69, 9.17) is 0 Å². The van der Waals surface area contributed by atoms with Gasteiger partial charge in [0.25, 0.3) is 0 Å². The van der Waals surface area contributed by atoms with Crippen LogP contribution in [-0.4, -0.2) is 23.3 Å². The first-order valence-corrected chi connectivity index (χ1v) is 8.35. The first-order chi connectivity index (χ1) is 10.1. The third kappa shape index (κ3) is 2.81. The van der Waals surface area contributed by atoms with Crippen molar-refractivity contribution < 1.29 is 4.79 Å². The van der Waals surface area contributed by atoms with E-state index in [1.807, 2.05) is 36.5 Å². The zero-order valence-corrected chi connectivity index (χ0v) is 13.7. The molecule has 1 aliphatic heterocycles. The molecular weight excluding hydrogens is 278 g/mol. The summed E-state index contributed by atoms with van der Waals surface area (Å²) >= 11 is 1.84. The van der Waals surface area contributed by atoms with E-state index in [1.165, 1.54) is 21.6 Å². The molecule has 1 aromatic carbocycles. The minimum atomic E-state index is -0.0554. The third-order valence-electron chi connectivity index (χ3n) is 4.56. The number of Topliss-reactive ketones (excluding diaryl/α,β-unsaturated/α-hetero) is 1. The van der Waals surface area contributed by atoms with E-state index < -0.39 is 0 Å². The number of aryl methyl sites for hydroxylation is 2. The van der Waals surface area contributed by atoms with Crippen molar-refractivity contribution in [3.8, 4) is 0 Å². The zero-order chi connectivity index (χ0) is 15.0. The molecule has 2 aromatic rings. The fourth-order valence-electron chi connectivity index (χ4n) is 2.90. The van der Waals surface area contributed by atoms with Crippen molar-refractivity contribution in [2.75, 3.05) is 6.54 Å². The number of nitrogens with zero attached hydrogens (tertiary/aromatic N) is 1. The molecule has 21 heavy (non-hydrogen) atoms. The van der Waals surface area contributed by atoms with E-state index in [1.54, 1.807) is 0 Å². The minimum absolute atomic E-state index is 0.0554. The molecule has 1 unspecified atom stereocenters. The summed E-state index contributed by atoms with van der Waals surface area (Å²) < 4.78 is 0. The van der Waals surface area contributed by atoms with E-state index in [0.717, 1.165) is 25.1 Å². The number of hydrogen-bond acceptors (Lipinski definition) is 3. The quantitative estimate of drug-likeness (QED) is 0.799. The van der Waals surface area contributed by atoms with Crippen LogP contribution in [-0.2, 0) is 13.0 Å². The molecule has 0 amide bonds. The number of carbonyl (C=O) groups is 1. The maximum atomic E-state index is 12.7. The monoisotopic (exact) mass is 299 g/mol. The Morgan fingerprint density at radius 2 is 2.05 bits per heavy atom. The Morgan fingerprint density at radius 3 is 2.81 bits per heavy atom. The molecule has 2 heterocycles. The van der Waals surface area contributed by atoms with Gasteiger partial charge in [0.05, 0.1) is 6.04 Å². The first-order valence-electron chi connectivity index (χ1n) is 7.47. The standard InChI is InChI=1S/C18H21NOS/c1-12-4-5-15(10-13(12)2)18(20)14(3)19-8-6-17-16(11-19)7-9-21-17/h4-5,7,9-10,14H,6,8,11H2,1-3H3. The molecule has 2 nitrogen and oxygen atoms in total. The van der Waals surface area contributed by atoms with E-state index in [-0.39, 0.29) is 11.8 Å². The maximum Gasteiger partial charge on any atom is 0.179 e. The molecule has 0 bridgehead atoms. The summed E-state index contributed by atoms with van der Waals surface area (Å²) in [7, 11) is 0. The third-order valence-corrected chi connectivity index (χ3v) is 5.58. The van der Waals surface area contributed by atoms with E-state index in [9.17, 15) is 4.79 Å². The van der Waals surface area contributed by atoms with Gasteiger partial charge in [0.2, 0.25) is 0 Å². The lowest BCUT2D eigenvalue weighted by atomic mass is 9.98. The summed E-state index contributed by atoms with van der Waals surface area (Å²) in [5, 5.41) is 2.16. The SMILES string of the molecule is Cc1ccc(C(=O)C(C)N2CCc3sccc3C2)cc1C. The van der Waals surface area contributed by atoms with E-state index in [2.05, 4.69) is 30.2 Å². The van der Waals surface area contributed by atoms with Crippen LogP contribution in [0.25, 0.3) is 0 Å². The summed E-state index contributed by atoms with van der Waals surface area (Å²) in [5.41, 5.74) is 4.65. The fraction of sp³-hybridized carbons (Fsp3) is 0.389. The van der Waals surface area contributed by atoms with Gasteiger partial charge in [-0.3, -0.25) is 9.69 Å². The van der Waals surface area contributed by atoms with Gasteiger partial charge in [-0.25, -0.2) is 0 Å². The lowest BCUT2D eigenvalue weighted by molar-refractivity contribution is 0.0820. The largest absolute Gasteiger partial charge is 0.292 e. The van der Waals surface area contributed by atoms with Crippen LogP contribution in [0.2, 0.25) is 0 Å². The Labute approximate surface area is 130 Å². The average Bonchev–Trinajstić information content (AvgIpc) is 2.96. The zero-order valence-electron chi connectivity index (χ0n) is 12.8. The summed E-state index contributed by atoms with van der Waals surface area (Å²) in [6, 6.07) is 8.16. The van der Waals surface area contributed by atoms with Gasteiger partial charge in [-0.1, -0.05) is 12.1 Å². The molecule has 1 atom stereocenters. The molecular formula is C18H21NOS. The van der Waals surface area contributed by atoms with Crippen LogP contribution in [0, 0.1) is 13.8 Å². The topological polar surface area (TPSA) is 20.3 Å². The molecule has 1 aromatic heterocycles. The molecule has 3 heteroatoms. The second kappa shape index (κ2) is 5.74. The average molecular weight is 299 g/mol. The number of hydrogen-bond donors (Lipinski definition) is 0. The summed E-state index contributed by atoms with van der Waals surface area (Å²) in [5.74, 6) is 0.233. The van der Waals surface area contributed by atoms with Gasteiger partial charge in [-0.15, -0.1) is 11.3 Å². The lowest BCUT2D eigenvalue weighted by Crippen LogP contribution is -2.41. The molecule has 0 aliphatic carbocycles. The molecule has 3 rings (SSSR count). The Bertz CT molecular complexity index is 674. The molecule has 0 radical (unpaired) electrons. The summed E-state index contributed by atoms with van der Waals surface area (Å²) in [4.78, 5) is 16.5. The highest BCUT2D eigenvalue weighted by molar-refractivity contribution is 7.10. The van der Waals surface area contributed by atoms with Crippen LogP contribution in [0.15, 0.2) is 29.6 Å². The van der Waals surface area contributed by atoms with Gasteiger partial charge < -0.3 is 0 Å². The van der Waals surface area contributed by atoms with E-state index in [0.29, 0.717) is 0 Å². The number of fused-ring (bicyclic) bond motifs is 1. The summed E-state index contributed by atoms with van der Waals surface area (Å²) in [6.07, 6.45) is 1.07. The number of benzene rings is 1. The highest BCUT2D eigenvalue weighted by atomic mass is 32.1. The van der Waals surface area contributed by atoms with Gasteiger partial charge >= 0.3 is 0 Å². The molecule has 0 N–H and O–H groups in total. The number of ketones is 1. The molecule has 1 aliphatic rings. The van der Waals surface area contributed by atoms with Crippen molar-refractivity contribution in [1.29, 1.82) is 0 Å². The van der Waals surface area contributed by atoms with Gasteiger partial charge in [0.15, 0.2) is 5.78 Å². The minimum Gasteiger partial charge on any atom is -0.292 e. The highest BCUT2D eigenvalue weighted by Gasteiger charge is 2.26. The molecule has 0 spiro atoms. The van der Waals surface area contributed by atoms with Gasteiger partial charge in [-0.2, -0.15) is 0 Å². The van der Waals surface area contributed by atoms with Crippen LogP contribution in [0.1, 0.15) is 38.8 Å². The predicted molar refractivity (Wildman–Crippen MR) is 88.1 cm³/mol. The van der Waals surface area contributed by atoms with Crippen molar-refractivity contribution in [3.63, 3.8) is 0 Å². The lowest BCUT2D eigenvalue weighted by Gasteiger charge is -2.31. The number of carbonyl (C=O) groups excluding carboxylic acids is 1. The number of rotatable bonds is 3. The second-order valence-electron chi connectivity index (χ2n) is 5.93. The Morgan fingerprint density at radius 1 is 1.24 bits per heavy atom. The Kier molecular flexibility index (Phi) is 3.96. The van der Waals surface area contributed by atoms with Crippen molar-refractivity contribution in [2.24, 2.45) is 0 Å². The Hall–Kier alpha value is -1.45. The predicted octanol–water partition coefficient (Wildman–Crippen LogP) is 3.99. The van der Waals surface area contributed by atoms with Crippen LogP contribution < -0.4 is 0 Å². The van der Waals surface area contributed by atoms with Crippen LogP contribution in [0.4, 0.5) is 0 Å². The first kappa shape index (κ1) is 14.5. The molecule has 0 saturated heterocycles. The van der Waals surface area contributed by atoms with Crippen molar-refractivity contribution in [3.05, 3.63) is 56.8 Å². The maximum absolute atomic E-state index is 12.7. The van der Waals surface area contributed by atoms with Gasteiger partial charge in [0.1, 0.15) is 0 Å². The number of thiophene rings is 1. The van der Waals surface area contributed by atoms with E-state index >= 15 is 0 Å². The van der Waals surface area contributed by atoms with Gasteiger partial charge in [-0.05, 0) is 61.4 Å². The van der Waals surface area contributed by atoms with Crippen LogP contribution in [0.3, 0.4) is 0 Å². The smallest absolute Gasteiger partial charge is 0.179 e. The van der Waals surface area contributed by atoms with Crippen LogP contribution >= 0.6 is 11.3 Å². The van der Waals surface area contributed by atoms with Crippen LogP contribution in [0.5, 0.6) is 0 Å². The van der Waals surface area contributed by atoms with Crippen molar-refractivity contribution >= 4 is 17.1 Å². The van der Waals surface area contributed by atoms with Gasteiger partial charge in [0, 0.05) is 23.5 Å². The van der Waals surface area contributed by atoms with Crippen molar-refractivity contribution in [1.82, 2.24) is 4.90 Å². The molecule has 0 saturated carbocycles. The Balaban J connectivity index is 1.77. The normalized spacial score (nSPS) is 16.5. The molecule has 0 fully saturated rings. The van der Waals surface area contributed by atoms with Crippen molar-refractivity contribution in [2.45, 2.75) is 39.8 Å². The summed E-state index contributed by atoms with van der Waals surface area (Å²) in [6.45, 7) is 8.06. The second-order valence-corrected chi connectivity index (χ2v) is 6.93. The molecule has 110 valence electrons.